The molecule has 2 N–H and O–H groups in total. The highest BCUT2D eigenvalue weighted by Crippen LogP contribution is 2.21. The van der Waals surface area contributed by atoms with Gasteiger partial charge in [-0.15, -0.1) is 0 Å². The highest BCUT2D eigenvalue weighted by Gasteiger charge is 2.39. The third-order valence-corrected chi connectivity index (χ3v) is 2.45. The van der Waals surface area contributed by atoms with Crippen LogP contribution in [-0.4, -0.2) is 34.5 Å². The number of nitrogens with zero attached hydrogens (tertiary/aromatic N) is 1. The zero-order valence-corrected chi connectivity index (χ0v) is 8.79. The van der Waals surface area contributed by atoms with Gasteiger partial charge in [0.25, 0.3) is 5.91 Å². The molecule has 1 aromatic rings. The van der Waals surface area contributed by atoms with Crippen molar-refractivity contribution in [1.82, 2.24) is 10.2 Å². The number of hydrogen-bond donors (Lipinski definition) is 2. The number of carboxylic acid groups (broad SMARTS) is 1. The topological polar surface area (TPSA) is 86.7 Å². The Labute approximate surface area is 96.8 Å². The predicted molar refractivity (Wildman–Crippen MR) is 57.1 cm³/mol. The lowest BCUT2D eigenvalue weighted by atomic mass is 10.1. The zero-order valence-electron chi connectivity index (χ0n) is 8.79. The largest absolute Gasteiger partial charge is 0.480 e. The molecule has 0 bridgehead atoms. The van der Waals surface area contributed by atoms with Crippen LogP contribution in [0.3, 0.4) is 0 Å². The van der Waals surface area contributed by atoms with E-state index in [0.29, 0.717) is 10.5 Å². The summed E-state index contributed by atoms with van der Waals surface area (Å²) >= 11 is 0. The number of amides is 3. The maximum absolute atomic E-state index is 11.8. The van der Waals surface area contributed by atoms with E-state index in [-0.39, 0.29) is 0 Å². The fourth-order valence-corrected chi connectivity index (χ4v) is 1.68. The first-order valence-corrected chi connectivity index (χ1v) is 4.98. The second-order valence-corrected chi connectivity index (χ2v) is 3.61. The van der Waals surface area contributed by atoms with Crippen molar-refractivity contribution >= 4 is 17.9 Å². The van der Waals surface area contributed by atoms with E-state index in [1.807, 2.05) is 0 Å². The highest BCUT2D eigenvalue weighted by atomic mass is 16.4. The van der Waals surface area contributed by atoms with Gasteiger partial charge in [0.05, 0.1) is 0 Å². The lowest BCUT2D eigenvalue weighted by Crippen LogP contribution is -2.35. The molecule has 3 amide bonds. The van der Waals surface area contributed by atoms with E-state index in [0.717, 1.165) is 0 Å². The van der Waals surface area contributed by atoms with Crippen molar-refractivity contribution in [2.75, 3.05) is 6.54 Å². The summed E-state index contributed by atoms with van der Waals surface area (Å²) in [6.07, 6.45) is 0. The fraction of sp³-hybridized carbons (Fsp3) is 0.182. The lowest BCUT2D eigenvalue weighted by molar-refractivity contribution is -0.141. The number of hydrogen-bond acceptors (Lipinski definition) is 3. The van der Waals surface area contributed by atoms with Gasteiger partial charge in [-0.3, -0.25) is 14.5 Å². The molecule has 0 aromatic heterocycles. The van der Waals surface area contributed by atoms with Crippen molar-refractivity contribution in [2.45, 2.75) is 6.04 Å². The molecule has 0 radical (unpaired) electrons. The molecular formula is C11H10N2O4. The van der Waals surface area contributed by atoms with E-state index in [4.69, 9.17) is 5.11 Å². The molecule has 0 unspecified atom stereocenters. The number of imide groups is 1. The number of benzene rings is 1. The Hall–Kier alpha value is -2.37. The molecule has 17 heavy (non-hydrogen) atoms. The van der Waals surface area contributed by atoms with Crippen LogP contribution in [0.25, 0.3) is 0 Å². The SMILES string of the molecule is O=C(O)CN1C(=O)N[C@@H](c2ccccc2)C1=O. The van der Waals surface area contributed by atoms with Gasteiger partial charge in [-0.2, -0.15) is 0 Å². The number of nitrogens with one attached hydrogen (secondary N) is 1. The van der Waals surface area contributed by atoms with Gasteiger partial charge in [-0.1, -0.05) is 30.3 Å². The zero-order chi connectivity index (χ0) is 12.4. The van der Waals surface area contributed by atoms with Crippen molar-refractivity contribution < 1.29 is 19.5 Å². The summed E-state index contributed by atoms with van der Waals surface area (Å²) in [6, 6.07) is 7.22. The molecule has 1 aromatic carbocycles. The average Bonchev–Trinajstić information content (AvgIpc) is 2.58. The van der Waals surface area contributed by atoms with Gasteiger partial charge in [0, 0.05) is 0 Å². The second-order valence-electron chi connectivity index (χ2n) is 3.61. The van der Waals surface area contributed by atoms with E-state index in [1.54, 1.807) is 30.3 Å². The fourth-order valence-electron chi connectivity index (χ4n) is 1.68. The molecule has 88 valence electrons. The van der Waals surface area contributed by atoms with Crippen molar-refractivity contribution in [1.29, 1.82) is 0 Å². The van der Waals surface area contributed by atoms with Crippen LogP contribution in [0.4, 0.5) is 4.79 Å². The van der Waals surface area contributed by atoms with E-state index in [1.165, 1.54) is 0 Å². The van der Waals surface area contributed by atoms with Gasteiger partial charge in [0.2, 0.25) is 0 Å². The number of urea groups is 1. The predicted octanol–water partition coefficient (Wildman–Crippen LogP) is 0.364. The van der Waals surface area contributed by atoms with Crippen LogP contribution in [0.15, 0.2) is 30.3 Å². The van der Waals surface area contributed by atoms with Crippen LogP contribution in [0.5, 0.6) is 0 Å². The van der Waals surface area contributed by atoms with Gasteiger partial charge in [0.1, 0.15) is 12.6 Å². The van der Waals surface area contributed by atoms with Crippen LogP contribution < -0.4 is 5.32 Å². The van der Waals surface area contributed by atoms with Gasteiger partial charge in [0.15, 0.2) is 0 Å². The standard InChI is InChI=1S/C11H10N2O4/c14-8(15)6-13-10(16)9(12-11(13)17)7-4-2-1-3-5-7/h1-5,9H,6H2,(H,12,17)(H,14,15)/t9-/m0/s1. The Morgan fingerprint density at radius 2 is 1.94 bits per heavy atom. The van der Waals surface area contributed by atoms with E-state index >= 15 is 0 Å². The molecule has 2 rings (SSSR count). The minimum atomic E-state index is -1.22. The summed E-state index contributed by atoms with van der Waals surface area (Å²) in [5.41, 5.74) is 0.638. The molecule has 1 fully saturated rings. The first-order chi connectivity index (χ1) is 8.09. The summed E-state index contributed by atoms with van der Waals surface area (Å²) in [5.74, 6) is -1.76. The second kappa shape index (κ2) is 4.25. The number of rotatable bonds is 3. The first-order valence-electron chi connectivity index (χ1n) is 4.98. The molecular weight excluding hydrogens is 224 g/mol. The third-order valence-electron chi connectivity index (χ3n) is 2.45. The van der Waals surface area contributed by atoms with Crippen molar-refractivity contribution in [3.63, 3.8) is 0 Å². The van der Waals surface area contributed by atoms with Crippen LogP contribution in [0, 0.1) is 0 Å². The van der Waals surface area contributed by atoms with E-state index < -0.39 is 30.5 Å². The molecule has 6 nitrogen and oxygen atoms in total. The van der Waals surface area contributed by atoms with E-state index in [9.17, 15) is 14.4 Å². The molecule has 0 aliphatic carbocycles. The van der Waals surface area contributed by atoms with Gasteiger partial charge in [-0.05, 0) is 5.56 Å². The van der Waals surface area contributed by atoms with E-state index in [2.05, 4.69) is 5.32 Å². The van der Waals surface area contributed by atoms with Crippen LogP contribution >= 0.6 is 0 Å². The average molecular weight is 234 g/mol. The number of carboxylic acids is 1. The molecule has 0 spiro atoms. The molecule has 1 saturated heterocycles. The summed E-state index contributed by atoms with van der Waals surface area (Å²) in [6.45, 7) is -0.617. The highest BCUT2D eigenvalue weighted by molar-refractivity contribution is 6.06. The maximum Gasteiger partial charge on any atom is 0.325 e. The van der Waals surface area contributed by atoms with Gasteiger partial charge < -0.3 is 10.4 Å². The van der Waals surface area contributed by atoms with Crippen molar-refractivity contribution in [3.8, 4) is 0 Å². The van der Waals surface area contributed by atoms with Gasteiger partial charge >= 0.3 is 12.0 Å². The van der Waals surface area contributed by atoms with Crippen LogP contribution in [-0.2, 0) is 9.59 Å². The monoisotopic (exact) mass is 234 g/mol. The quantitative estimate of drug-likeness (QED) is 0.739. The van der Waals surface area contributed by atoms with Crippen LogP contribution in [0.1, 0.15) is 11.6 Å². The normalized spacial score (nSPS) is 19.3. The third kappa shape index (κ3) is 2.10. The lowest BCUT2D eigenvalue weighted by Gasteiger charge is -2.09. The summed E-state index contributed by atoms with van der Waals surface area (Å²) < 4.78 is 0. The number of carbonyl (C=O) groups excluding carboxylic acids is 2. The Kier molecular flexibility index (Phi) is 2.78. The first kappa shape index (κ1) is 11.1. The summed E-state index contributed by atoms with van der Waals surface area (Å²) in [4.78, 5) is 34.5. The van der Waals surface area contributed by atoms with Crippen LogP contribution in [0.2, 0.25) is 0 Å². The molecule has 6 heteroatoms. The maximum atomic E-state index is 11.8. The minimum absolute atomic E-state index is 0.538. The Morgan fingerprint density at radius 3 is 2.53 bits per heavy atom. The number of aliphatic carboxylic acids is 1. The smallest absolute Gasteiger partial charge is 0.325 e. The summed E-state index contributed by atoms with van der Waals surface area (Å²) in [5, 5.41) is 11.0. The Bertz CT molecular complexity index is 472. The minimum Gasteiger partial charge on any atom is -0.480 e. The van der Waals surface area contributed by atoms with Crippen molar-refractivity contribution in [3.05, 3.63) is 35.9 Å². The molecule has 1 atom stereocenters. The van der Waals surface area contributed by atoms with Crippen molar-refractivity contribution in [2.24, 2.45) is 0 Å². The molecule has 1 aliphatic rings. The molecule has 1 aliphatic heterocycles. The molecule has 1 heterocycles. The van der Waals surface area contributed by atoms with Gasteiger partial charge in [-0.25, -0.2) is 4.79 Å². The Balaban J connectivity index is 2.22. The Morgan fingerprint density at radius 1 is 1.29 bits per heavy atom. The summed E-state index contributed by atoms with van der Waals surface area (Å²) in [7, 11) is 0. The number of carbonyl (C=O) groups is 3. The molecule has 0 saturated carbocycles.